The van der Waals surface area contributed by atoms with Gasteiger partial charge in [-0.05, 0) is 51.0 Å². The Bertz CT molecular complexity index is 1230. The Kier molecular flexibility index (Phi) is 6.43. The summed E-state index contributed by atoms with van der Waals surface area (Å²) < 4.78 is 20.8. The lowest BCUT2D eigenvalue weighted by molar-refractivity contribution is -0.126. The van der Waals surface area contributed by atoms with E-state index in [-0.39, 0.29) is 22.4 Å². The van der Waals surface area contributed by atoms with Crippen LogP contribution in [0.1, 0.15) is 33.1 Å². The zero-order chi connectivity index (χ0) is 24.8. The van der Waals surface area contributed by atoms with Crippen LogP contribution in [0.5, 0.6) is 5.75 Å². The maximum absolute atomic E-state index is 13.7. The van der Waals surface area contributed by atoms with E-state index < -0.39 is 5.54 Å². The van der Waals surface area contributed by atoms with Crippen molar-refractivity contribution in [1.29, 1.82) is 0 Å². The average Bonchev–Trinajstić information content (AvgIpc) is 3.52. The third-order valence-electron chi connectivity index (χ3n) is 6.86. The second kappa shape index (κ2) is 9.25. The third kappa shape index (κ3) is 4.73. The van der Waals surface area contributed by atoms with Gasteiger partial charge in [0.25, 0.3) is 0 Å². The predicted octanol–water partition coefficient (Wildman–Crippen LogP) is 3.55. The van der Waals surface area contributed by atoms with Crippen LogP contribution in [0.3, 0.4) is 0 Å². The number of nitrogens with one attached hydrogen (secondary N) is 1. The molecular formula is C24H31FN6O2S2. The summed E-state index contributed by atoms with van der Waals surface area (Å²) >= 11 is 3.48. The van der Waals surface area contributed by atoms with E-state index >= 15 is 0 Å². The van der Waals surface area contributed by atoms with Crippen LogP contribution in [0.25, 0.3) is 16.2 Å². The number of piperidine rings is 1. The molecule has 3 aromatic rings. The maximum atomic E-state index is 13.7. The van der Waals surface area contributed by atoms with Gasteiger partial charge in [-0.15, -0.1) is 5.10 Å². The van der Waals surface area contributed by atoms with E-state index in [0.29, 0.717) is 12.3 Å². The van der Waals surface area contributed by atoms with Gasteiger partial charge in [-0.25, -0.2) is 13.9 Å². The molecule has 4 heterocycles. The fourth-order valence-electron chi connectivity index (χ4n) is 4.99. The van der Waals surface area contributed by atoms with Crippen LogP contribution in [0.4, 0.5) is 9.52 Å². The quantitative estimate of drug-likeness (QED) is 0.515. The second-order valence-corrected chi connectivity index (χ2v) is 12.5. The summed E-state index contributed by atoms with van der Waals surface area (Å²) in [5, 5.41) is 8.83. The summed E-state index contributed by atoms with van der Waals surface area (Å²) in [6, 6.07) is 4.47. The molecule has 2 fully saturated rings. The maximum Gasteiger partial charge on any atom is 0.224 e. The van der Waals surface area contributed by atoms with Gasteiger partial charge in [0.2, 0.25) is 16.0 Å². The standard InChI is InChI=1S/C24H31FN6O2S2/c1-23(2,26)14-28-20(32)17-6-11-34-24(17)7-9-30(10-8-24)22-29-31-18(13-27-21(31)35-22)16-5-4-15(25)12-19(16)33-3/h4-5,12-13,17H,6-11,14,26H2,1-3H3,(H,28,32). The van der Waals surface area contributed by atoms with Crippen molar-refractivity contribution in [2.24, 2.45) is 11.7 Å². The van der Waals surface area contributed by atoms with Crippen molar-refractivity contribution in [2.45, 2.75) is 43.4 Å². The Hall–Kier alpha value is -2.37. The van der Waals surface area contributed by atoms with Gasteiger partial charge in [-0.3, -0.25) is 4.79 Å². The molecule has 1 unspecified atom stereocenters. The molecule has 188 valence electrons. The zero-order valence-electron chi connectivity index (χ0n) is 20.2. The van der Waals surface area contributed by atoms with E-state index in [1.165, 1.54) is 30.6 Å². The smallest absolute Gasteiger partial charge is 0.224 e. The largest absolute Gasteiger partial charge is 0.496 e. The van der Waals surface area contributed by atoms with Gasteiger partial charge in [-0.1, -0.05) is 11.3 Å². The molecule has 35 heavy (non-hydrogen) atoms. The van der Waals surface area contributed by atoms with Gasteiger partial charge in [0.15, 0.2) is 0 Å². The minimum absolute atomic E-state index is 0.0168. The third-order valence-corrected chi connectivity index (χ3v) is 9.55. The lowest BCUT2D eigenvalue weighted by atomic mass is 9.81. The second-order valence-electron chi connectivity index (χ2n) is 10.0. The number of anilines is 1. The number of rotatable bonds is 6. The number of carbonyl (C=O) groups is 1. The fraction of sp³-hybridized carbons (Fsp3) is 0.542. The molecule has 8 nitrogen and oxygen atoms in total. The molecule has 2 aliphatic heterocycles. The first-order chi connectivity index (χ1) is 16.7. The van der Waals surface area contributed by atoms with Crippen LogP contribution in [0.2, 0.25) is 0 Å². The van der Waals surface area contributed by atoms with E-state index in [4.69, 9.17) is 15.6 Å². The number of thioether (sulfide) groups is 1. The first-order valence-electron chi connectivity index (χ1n) is 11.8. The number of methoxy groups -OCH3 is 1. The van der Waals surface area contributed by atoms with Gasteiger partial charge < -0.3 is 20.7 Å². The van der Waals surface area contributed by atoms with E-state index in [0.717, 1.165) is 59.5 Å². The van der Waals surface area contributed by atoms with Gasteiger partial charge >= 0.3 is 0 Å². The highest BCUT2D eigenvalue weighted by Crippen LogP contribution is 2.50. The van der Waals surface area contributed by atoms with Crippen LogP contribution in [-0.2, 0) is 4.79 Å². The van der Waals surface area contributed by atoms with Crippen molar-refractivity contribution in [3.8, 4) is 17.0 Å². The lowest BCUT2D eigenvalue weighted by Gasteiger charge is -2.41. The zero-order valence-corrected chi connectivity index (χ0v) is 21.8. The summed E-state index contributed by atoms with van der Waals surface area (Å²) in [7, 11) is 1.53. The fourth-order valence-corrected chi connectivity index (χ4v) is 7.58. The number of halogens is 1. The molecule has 5 rings (SSSR count). The van der Waals surface area contributed by atoms with Crippen LogP contribution in [-0.4, -0.2) is 63.3 Å². The molecular weight excluding hydrogens is 487 g/mol. The number of hydrogen-bond acceptors (Lipinski definition) is 8. The van der Waals surface area contributed by atoms with Crippen LogP contribution < -0.4 is 20.7 Å². The van der Waals surface area contributed by atoms with Crippen molar-refractivity contribution in [1.82, 2.24) is 19.9 Å². The number of nitrogens with two attached hydrogens (primary N) is 1. The molecule has 0 saturated carbocycles. The Morgan fingerprint density at radius 3 is 2.86 bits per heavy atom. The Labute approximate surface area is 212 Å². The van der Waals surface area contributed by atoms with Gasteiger partial charge in [0.05, 0.1) is 24.9 Å². The van der Waals surface area contributed by atoms with Crippen LogP contribution in [0, 0.1) is 11.7 Å². The SMILES string of the molecule is COc1cc(F)ccc1-c1cnc2sc(N3CCC4(CC3)SCCC4C(=O)NCC(C)(C)N)nn12. The number of nitrogens with zero attached hydrogens (tertiary/aromatic N) is 4. The first kappa shape index (κ1) is 24.3. The Morgan fingerprint density at radius 2 is 2.14 bits per heavy atom. The number of amides is 1. The molecule has 0 aliphatic carbocycles. The van der Waals surface area contributed by atoms with E-state index in [2.05, 4.69) is 15.2 Å². The summed E-state index contributed by atoms with van der Waals surface area (Å²) in [6.07, 6.45) is 4.52. The minimum Gasteiger partial charge on any atom is -0.496 e. The van der Waals surface area contributed by atoms with Crippen molar-refractivity contribution >= 4 is 39.1 Å². The van der Waals surface area contributed by atoms with Gasteiger partial charge in [-0.2, -0.15) is 11.8 Å². The van der Waals surface area contributed by atoms with Crippen molar-refractivity contribution in [2.75, 3.05) is 37.4 Å². The van der Waals surface area contributed by atoms with Gasteiger partial charge in [0, 0.05) is 41.6 Å². The molecule has 1 aromatic carbocycles. The molecule has 11 heteroatoms. The highest BCUT2D eigenvalue weighted by molar-refractivity contribution is 8.01. The first-order valence-corrected chi connectivity index (χ1v) is 13.6. The molecule has 3 N–H and O–H groups in total. The summed E-state index contributed by atoms with van der Waals surface area (Å²) in [4.78, 5) is 20.6. The number of ether oxygens (including phenoxy) is 1. The molecule has 2 aliphatic rings. The van der Waals surface area contributed by atoms with E-state index in [1.54, 1.807) is 16.8 Å². The summed E-state index contributed by atoms with van der Waals surface area (Å²) in [6.45, 7) is 6.01. The molecule has 1 amide bonds. The molecule has 2 aromatic heterocycles. The van der Waals surface area contributed by atoms with Crippen LogP contribution in [0.15, 0.2) is 24.4 Å². The lowest BCUT2D eigenvalue weighted by Crippen LogP contribution is -2.52. The summed E-state index contributed by atoms with van der Waals surface area (Å²) in [5.41, 5.74) is 7.15. The number of benzene rings is 1. The van der Waals surface area contributed by atoms with Gasteiger partial charge in [0.1, 0.15) is 11.6 Å². The van der Waals surface area contributed by atoms with Crippen LogP contribution >= 0.6 is 23.1 Å². The Balaban J connectivity index is 1.31. The number of fused-ring (bicyclic) bond motifs is 1. The van der Waals surface area contributed by atoms with E-state index in [1.807, 2.05) is 25.6 Å². The number of carbonyl (C=O) groups excluding carboxylic acids is 1. The van der Waals surface area contributed by atoms with Crippen molar-refractivity contribution in [3.05, 3.63) is 30.2 Å². The number of aromatic nitrogens is 3. The normalized spacial score (nSPS) is 20.0. The molecule has 2 saturated heterocycles. The average molecular weight is 519 g/mol. The highest BCUT2D eigenvalue weighted by atomic mass is 32.2. The molecule has 1 spiro atoms. The van der Waals surface area contributed by atoms with Crippen molar-refractivity contribution in [3.63, 3.8) is 0 Å². The van der Waals surface area contributed by atoms with E-state index in [9.17, 15) is 9.18 Å². The number of imidazole rings is 1. The monoisotopic (exact) mass is 518 g/mol. The number of hydrogen-bond donors (Lipinski definition) is 2. The molecule has 0 bridgehead atoms. The summed E-state index contributed by atoms with van der Waals surface area (Å²) in [5.74, 6) is 1.26. The molecule has 1 atom stereocenters. The predicted molar refractivity (Wildman–Crippen MR) is 139 cm³/mol. The minimum atomic E-state index is -0.420. The topological polar surface area (TPSA) is 97.8 Å². The Morgan fingerprint density at radius 1 is 1.37 bits per heavy atom. The highest BCUT2D eigenvalue weighted by Gasteiger charge is 2.49. The molecule has 0 radical (unpaired) electrons. The van der Waals surface area contributed by atoms with Crippen molar-refractivity contribution < 1.29 is 13.9 Å².